The molecule has 1 aromatic carbocycles. The van der Waals surface area contributed by atoms with Crippen molar-refractivity contribution < 1.29 is 4.79 Å². The van der Waals surface area contributed by atoms with Gasteiger partial charge in [0.05, 0.1) is 11.8 Å². The molecule has 1 atom stereocenters. The molecule has 2 fully saturated rings. The average Bonchev–Trinajstić information content (AvgIpc) is 3.59. The largest absolute Gasteiger partial charge is 0.353 e. The number of hydrogen-bond acceptors (Lipinski definition) is 5. The predicted molar refractivity (Wildman–Crippen MR) is 107 cm³/mol. The van der Waals surface area contributed by atoms with Crippen LogP contribution in [0.15, 0.2) is 35.5 Å². The molecule has 1 amide bonds. The Balaban J connectivity index is 1.32. The van der Waals surface area contributed by atoms with Crippen LogP contribution in [0.25, 0.3) is 0 Å². The highest BCUT2D eigenvalue weighted by Gasteiger charge is 2.36. The van der Waals surface area contributed by atoms with Crippen LogP contribution in [-0.4, -0.2) is 52.0 Å². The lowest BCUT2D eigenvalue weighted by molar-refractivity contribution is -0.118. The third-order valence-corrected chi connectivity index (χ3v) is 6.12. The van der Waals surface area contributed by atoms with Crippen LogP contribution >= 0.6 is 11.8 Å². The number of carbonyl (C=O) groups excluding carboxylic acids is 1. The maximum absolute atomic E-state index is 12.4. The number of likely N-dealkylation sites (N-methyl/N-ethyl adjacent to an activating group) is 1. The number of thioether (sulfide) groups is 1. The van der Waals surface area contributed by atoms with E-state index in [0.29, 0.717) is 24.3 Å². The number of nitrogens with one attached hydrogen (secondary N) is 1. The van der Waals surface area contributed by atoms with Crippen molar-refractivity contribution in [2.45, 2.75) is 48.8 Å². The molecule has 0 saturated heterocycles. The smallest absolute Gasteiger partial charge is 0.230 e. The maximum Gasteiger partial charge on any atom is 0.230 e. The second-order valence-electron chi connectivity index (χ2n) is 7.70. The van der Waals surface area contributed by atoms with Gasteiger partial charge >= 0.3 is 0 Å². The molecule has 6 nitrogen and oxygen atoms in total. The summed E-state index contributed by atoms with van der Waals surface area (Å²) in [5.74, 6) is 2.15. The molecule has 2 saturated carbocycles. The van der Waals surface area contributed by atoms with Crippen molar-refractivity contribution in [3.63, 3.8) is 0 Å². The van der Waals surface area contributed by atoms with Crippen molar-refractivity contribution in [1.82, 2.24) is 25.0 Å². The van der Waals surface area contributed by atoms with Gasteiger partial charge in [-0.05, 0) is 45.3 Å². The van der Waals surface area contributed by atoms with Gasteiger partial charge in [-0.1, -0.05) is 42.1 Å². The third-order valence-electron chi connectivity index (χ3n) is 5.18. The third kappa shape index (κ3) is 4.52. The summed E-state index contributed by atoms with van der Waals surface area (Å²) in [6.45, 7) is 0.596. The van der Waals surface area contributed by atoms with E-state index in [1.807, 2.05) is 32.3 Å². The molecule has 4 rings (SSSR count). The molecule has 2 aromatic rings. The van der Waals surface area contributed by atoms with Crippen LogP contribution in [0.1, 0.15) is 55.1 Å². The molecule has 0 bridgehead atoms. The van der Waals surface area contributed by atoms with E-state index in [1.54, 1.807) is 0 Å². The zero-order valence-electron chi connectivity index (χ0n) is 16.0. The summed E-state index contributed by atoms with van der Waals surface area (Å²) in [7, 11) is 4.08. The minimum atomic E-state index is 0.0427. The predicted octanol–water partition coefficient (Wildman–Crippen LogP) is 3.00. The molecular weight excluding hydrogens is 358 g/mol. The highest BCUT2D eigenvalue weighted by atomic mass is 32.2. The number of rotatable bonds is 9. The summed E-state index contributed by atoms with van der Waals surface area (Å²) in [5.41, 5.74) is 1.21. The van der Waals surface area contributed by atoms with Crippen LogP contribution in [-0.2, 0) is 4.79 Å². The fraction of sp³-hybridized carbons (Fsp3) is 0.550. The van der Waals surface area contributed by atoms with Gasteiger partial charge in [0, 0.05) is 18.5 Å². The number of hydrogen-bond donors (Lipinski definition) is 1. The topological polar surface area (TPSA) is 63.1 Å². The molecule has 1 aromatic heterocycles. The van der Waals surface area contributed by atoms with Crippen molar-refractivity contribution in [3.8, 4) is 0 Å². The van der Waals surface area contributed by atoms with Crippen molar-refractivity contribution in [2.75, 3.05) is 26.4 Å². The molecule has 27 heavy (non-hydrogen) atoms. The molecule has 0 radical (unpaired) electrons. The Kier molecular flexibility index (Phi) is 5.50. The van der Waals surface area contributed by atoms with Crippen molar-refractivity contribution in [1.29, 1.82) is 0 Å². The zero-order valence-corrected chi connectivity index (χ0v) is 16.8. The van der Waals surface area contributed by atoms with Crippen molar-refractivity contribution in [2.24, 2.45) is 0 Å². The Bertz CT molecular complexity index is 783. The van der Waals surface area contributed by atoms with E-state index in [0.717, 1.165) is 11.0 Å². The second-order valence-corrected chi connectivity index (χ2v) is 8.64. The summed E-state index contributed by atoms with van der Waals surface area (Å²) < 4.78 is 2.29. The minimum Gasteiger partial charge on any atom is -0.353 e. The van der Waals surface area contributed by atoms with Gasteiger partial charge in [-0.3, -0.25) is 4.79 Å². The lowest BCUT2D eigenvalue weighted by atomic mass is 10.1. The van der Waals surface area contributed by atoms with E-state index >= 15 is 0 Å². The molecule has 1 N–H and O–H groups in total. The van der Waals surface area contributed by atoms with E-state index in [-0.39, 0.29) is 11.9 Å². The highest BCUT2D eigenvalue weighted by molar-refractivity contribution is 7.99. The van der Waals surface area contributed by atoms with Gasteiger partial charge in [0.15, 0.2) is 5.16 Å². The van der Waals surface area contributed by atoms with Gasteiger partial charge in [-0.2, -0.15) is 0 Å². The molecule has 144 valence electrons. The summed E-state index contributed by atoms with van der Waals surface area (Å²) in [6.07, 6.45) is 4.86. The maximum atomic E-state index is 12.4. The highest BCUT2D eigenvalue weighted by Crippen LogP contribution is 2.45. The monoisotopic (exact) mass is 385 g/mol. The Morgan fingerprint density at radius 3 is 2.59 bits per heavy atom. The normalized spacial score (nSPS) is 17.9. The van der Waals surface area contributed by atoms with Crippen LogP contribution in [0.5, 0.6) is 0 Å². The van der Waals surface area contributed by atoms with Gasteiger partial charge in [-0.25, -0.2) is 0 Å². The van der Waals surface area contributed by atoms with Gasteiger partial charge in [-0.15, -0.1) is 10.2 Å². The zero-order chi connectivity index (χ0) is 18.8. The molecular formula is C20H27N5OS. The van der Waals surface area contributed by atoms with E-state index < -0.39 is 0 Å². The van der Waals surface area contributed by atoms with Crippen molar-refractivity contribution >= 4 is 17.7 Å². The van der Waals surface area contributed by atoms with Gasteiger partial charge in [0.2, 0.25) is 5.91 Å². The molecule has 1 heterocycles. The molecule has 7 heteroatoms. The lowest BCUT2D eigenvalue weighted by Gasteiger charge is -2.25. The van der Waals surface area contributed by atoms with E-state index in [9.17, 15) is 4.79 Å². The van der Waals surface area contributed by atoms with Gasteiger partial charge in [0.1, 0.15) is 5.82 Å². The second kappa shape index (κ2) is 8.02. The number of benzene rings is 1. The molecule has 2 aliphatic carbocycles. The number of nitrogens with zero attached hydrogens (tertiary/aromatic N) is 4. The van der Waals surface area contributed by atoms with Crippen LogP contribution in [0.4, 0.5) is 0 Å². The average molecular weight is 386 g/mol. The van der Waals surface area contributed by atoms with Gasteiger partial charge < -0.3 is 14.8 Å². The molecule has 0 unspecified atom stereocenters. The summed E-state index contributed by atoms with van der Waals surface area (Å²) >= 11 is 1.51. The van der Waals surface area contributed by atoms with E-state index in [4.69, 9.17) is 0 Å². The Hall–Kier alpha value is -1.86. The van der Waals surface area contributed by atoms with E-state index in [1.165, 1.54) is 43.0 Å². The minimum absolute atomic E-state index is 0.0427. The first-order valence-electron chi connectivity index (χ1n) is 9.69. The van der Waals surface area contributed by atoms with Crippen molar-refractivity contribution in [3.05, 3.63) is 41.7 Å². The molecule has 0 aliphatic heterocycles. The molecule has 2 aliphatic rings. The van der Waals surface area contributed by atoms with Crippen LogP contribution in [0, 0.1) is 0 Å². The summed E-state index contributed by atoms with van der Waals surface area (Å²) in [6, 6.07) is 11.0. The summed E-state index contributed by atoms with van der Waals surface area (Å²) in [4.78, 5) is 14.5. The fourth-order valence-corrected chi connectivity index (χ4v) is 4.19. The standard InChI is InChI=1S/C20H27N5OS/c1-24(2)17(14-6-4-3-5-7-14)12-21-18(26)13-27-20-23-22-19(15-8-9-15)25(20)16-10-11-16/h3-7,15-17H,8-13H2,1-2H3,(H,21,26)/t17-/m1/s1. The Morgan fingerprint density at radius 1 is 1.22 bits per heavy atom. The fourth-order valence-electron chi connectivity index (χ4n) is 3.35. The number of amides is 1. The number of aromatic nitrogens is 3. The van der Waals surface area contributed by atoms with Crippen LogP contribution in [0.3, 0.4) is 0 Å². The van der Waals surface area contributed by atoms with Gasteiger partial charge in [0.25, 0.3) is 0 Å². The lowest BCUT2D eigenvalue weighted by Crippen LogP contribution is -2.35. The quantitative estimate of drug-likeness (QED) is 0.673. The first-order valence-corrected chi connectivity index (χ1v) is 10.7. The Labute approximate surface area is 164 Å². The SMILES string of the molecule is CN(C)[C@H](CNC(=O)CSc1nnc(C2CC2)n1C1CC1)c1ccccc1. The molecule has 0 spiro atoms. The Morgan fingerprint density at radius 2 is 1.96 bits per heavy atom. The first-order chi connectivity index (χ1) is 13.1. The first kappa shape index (κ1) is 18.5. The number of carbonyl (C=O) groups is 1. The van der Waals surface area contributed by atoms with Crippen LogP contribution in [0.2, 0.25) is 0 Å². The van der Waals surface area contributed by atoms with E-state index in [2.05, 4.69) is 37.1 Å². The van der Waals surface area contributed by atoms with Crippen LogP contribution < -0.4 is 5.32 Å². The summed E-state index contributed by atoms with van der Waals surface area (Å²) in [5, 5.41) is 12.8.